The van der Waals surface area contributed by atoms with Crippen molar-refractivity contribution in [1.82, 2.24) is 4.57 Å². The molecule has 0 spiro atoms. The summed E-state index contributed by atoms with van der Waals surface area (Å²) in [6.45, 7) is 0.250. The Bertz CT molecular complexity index is 806. The Hall–Kier alpha value is -1.66. The first kappa shape index (κ1) is 13.3. The summed E-state index contributed by atoms with van der Waals surface area (Å²) in [6.07, 6.45) is 0. The lowest BCUT2D eigenvalue weighted by Crippen LogP contribution is -2.31. The minimum Gasteiger partial charge on any atom is -0.290 e. The third-order valence-electron chi connectivity index (χ3n) is 3.30. The van der Waals surface area contributed by atoms with Gasteiger partial charge in [-0.25, -0.2) is 9.13 Å². The molecule has 2 aromatic heterocycles. The number of aryl methyl sites for hydroxylation is 1. The molecule has 0 bridgehead atoms. The second-order valence-electron chi connectivity index (χ2n) is 4.52. The van der Waals surface area contributed by atoms with Crippen LogP contribution in [0.25, 0.3) is 11.0 Å². The normalized spacial score (nSPS) is 11.1. The van der Waals surface area contributed by atoms with Crippen LogP contribution in [0.5, 0.6) is 0 Å². The van der Waals surface area contributed by atoms with E-state index >= 15 is 0 Å². The highest BCUT2D eigenvalue weighted by atomic mass is 79.9. The molecule has 0 radical (unpaired) electrons. The van der Waals surface area contributed by atoms with Crippen molar-refractivity contribution in [3.05, 3.63) is 45.1 Å². The molecular weight excluding hydrogens is 338 g/mol. The lowest BCUT2D eigenvalue weighted by molar-refractivity contribution is -0.630. The quantitative estimate of drug-likeness (QED) is 0.583. The van der Waals surface area contributed by atoms with Crippen LogP contribution in [0.3, 0.4) is 0 Å². The SMILES string of the molecule is C[n+]1c(N)n(CC(=O)c2ccc(Br)s2)c2ccccc21. The highest BCUT2D eigenvalue weighted by Gasteiger charge is 2.21. The van der Waals surface area contributed by atoms with Crippen molar-refractivity contribution in [3.63, 3.8) is 0 Å². The van der Waals surface area contributed by atoms with Crippen molar-refractivity contribution in [3.8, 4) is 0 Å². The molecule has 2 heterocycles. The Kier molecular flexibility index (Phi) is 3.35. The molecule has 1 aromatic carbocycles. The first-order valence-electron chi connectivity index (χ1n) is 6.09. The average molecular weight is 351 g/mol. The first-order chi connectivity index (χ1) is 9.58. The van der Waals surface area contributed by atoms with Crippen LogP contribution in [0, 0.1) is 0 Å². The molecule has 0 aliphatic heterocycles. The number of anilines is 1. The van der Waals surface area contributed by atoms with Crippen LogP contribution in [0.1, 0.15) is 9.67 Å². The monoisotopic (exact) mass is 350 g/mol. The molecule has 0 atom stereocenters. The van der Waals surface area contributed by atoms with Crippen molar-refractivity contribution >= 4 is 50.0 Å². The standard InChI is InChI=1S/C14H12BrN3OS/c1-17-9-4-2-3-5-10(9)18(14(17)16)8-11(19)12-6-7-13(15)20-12/h2-7,16H,8H2,1H3/p+1. The van der Waals surface area contributed by atoms with Crippen LogP contribution in [0.15, 0.2) is 40.2 Å². The molecule has 0 saturated carbocycles. The number of imidazole rings is 1. The molecule has 3 rings (SSSR count). The maximum absolute atomic E-state index is 12.3. The van der Waals surface area contributed by atoms with E-state index in [4.69, 9.17) is 5.73 Å². The fourth-order valence-corrected chi connectivity index (χ4v) is 3.57. The number of thiophene rings is 1. The second-order valence-corrected chi connectivity index (χ2v) is 6.98. The van der Waals surface area contributed by atoms with Gasteiger partial charge in [0.25, 0.3) is 0 Å². The number of aromatic nitrogens is 2. The highest BCUT2D eigenvalue weighted by molar-refractivity contribution is 9.11. The van der Waals surface area contributed by atoms with Crippen molar-refractivity contribution in [2.75, 3.05) is 5.73 Å². The largest absolute Gasteiger partial charge is 0.356 e. The van der Waals surface area contributed by atoms with Crippen LogP contribution < -0.4 is 10.3 Å². The number of fused-ring (bicyclic) bond motifs is 1. The van der Waals surface area contributed by atoms with Crippen molar-refractivity contribution in [2.24, 2.45) is 7.05 Å². The van der Waals surface area contributed by atoms with Gasteiger partial charge in [0.1, 0.15) is 17.6 Å². The highest BCUT2D eigenvalue weighted by Crippen LogP contribution is 2.24. The number of rotatable bonds is 3. The van der Waals surface area contributed by atoms with E-state index in [1.807, 2.05) is 52.6 Å². The molecule has 0 aliphatic carbocycles. The van der Waals surface area contributed by atoms with Crippen LogP contribution in [0.2, 0.25) is 0 Å². The smallest absolute Gasteiger partial charge is 0.290 e. The first-order valence-corrected chi connectivity index (χ1v) is 7.70. The summed E-state index contributed by atoms with van der Waals surface area (Å²) in [5.74, 6) is 0.643. The summed E-state index contributed by atoms with van der Waals surface area (Å²) in [6, 6.07) is 11.6. The fraction of sp³-hybridized carbons (Fsp3) is 0.143. The van der Waals surface area contributed by atoms with E-state index in [1.54, 1.807) is 0 Å². The van der Waals surface area contributed by atoms with Crippen LogP contribution in [0.4, 0.5) is 5.95 Å². The third kappa shape index (κ3) is 2.14. The molecule has 0 amide bonds. The molecule has 2 N–H and O–H groups in total. The van der Waals surface area contributed by atoms with E-state index in [0.717, 1.165) is 19.7 Å². The number of carbonyl (C=O) groups is 1. The Balaban J connectivity index is 2.03. The van der Waals surface area contributed by atoms with E-state index in [-0.39, 0.29) is 12.3 Å². The van der Waals surface area contributed by atoms with Gasteiger partial charge in [-0.05, 0) is 40.2 Å². The van der Waals surface area contributed by atoms with Crippen molar-refractivity contribution < 1.29 is 9.36 Å². The summed E-state index contributed by atoms with van der Waals surface area (Å²) < 4.78 is 4.70. The van der Waals surface area contributed by atoms with Crippen LogP contribution in [-0.2, 0) is 13.6 Å². The number of nitrogens with zero attached hydrogens (tertiary/aromatic N) is 2. The molecule has 0 aliphatic rings. The van der Waals surface area contributed by atoms with Gasteiger partial charge in [-0.1, -0.05) is 12.1 Å². The van der Waals surface area contributed by atoms with Gasteiger partial charge in [0, 0.05) is 0 Å². The Morgan fingerprint density at radius 2 is 2.10 bits per heavy atom. The molecular formula is C14H13BrN3OS+. The number of benzene rings is 1. The Labute approximate surface area is 128 Å². The molecule has 4 nitrogen and oxygen atoms in total. The summed E-state index contributed by atoms with van der Waals surface area (Å²) >= 11 is 4.81. The predicted molar refractivity (Wildman–Crippen MR) is 83.9 cm³/mol. The van der Waals surface area contributed by atoms with Crippen LogP contribution >= 0.6 is 27.3 Å². The maximum Gasteiger partial charge on any atom is 0.356 e. The molecule has 0 fully saturated rings. The predicted octanol–water partition coefficient (Wildman–Crippen LogP) is 2.75. The number of Topliss-reactive ketones (excluding diaryl/α,β-unsaturated/α-hetero) is 1. The van der Waals surface area contributed by atoms with Gasteiger partial charge in [0.15, 0.2) is 0 Å². The van der Waals surface area contributed by atoms with Gasteiger partial charge in [-0.15, -0.1) is 11.3 Å². The zero-order valence-electron chi connectivity index (χ0n) is 10.8. The summed E-state index contributed by atoms with van der Waals surface area (Å²) in [4.78, 5) is 13.1. The molecule has 20 heavy (non-hydrogen) atoms. The molecule has 6 heteroatoms. The van der Waals surface area contributed by atoms with Gasteiger partial charge in [-0.2, -0.15) is 0 Å². The lowest BCUT2D eigenvalue weighted by atomic mass is 10.3. The fourth-order valence-electron chi connectivity index (χ4n) is 2.26. The van der Waals surface area contributed by atoms with Gasteiger partial charge in [0.2, 0.25) is 5.78 Å². The summed E-state index contributed by atoms with van der Waals surface area (Å²) in [7, 11) is 1.90. The zero-order chi connectivity index (χ0) is 14.3. The van der Waals surface area contributed by atoms with E-state index in [1.165, 1.54) is 11.3 Å². The second kappa shape index (κ2) is 5.03. The van der Waals surface area contributed by atoms with Crippen molar-refractivity contribution in [1.29, 1.82) is 0 Å². The molecule has 3 aromatic rings. The van der Waals surface area contributed by atoms with Gasteiger partial charge < -0.3 is 0 Å². The number of nitrogen functional groups attached to an aromatic ring is 1. The number of hydrogen-bond donors (Lipinski definition) is 1. The van der Waals surface area contributed by atoms with Crippen LogP contribution in [-0.4, -0.2) is 10.4 Å². The van der Waals surface area contributed by atoms with Gasteiger partial charge in [0.05, 0.1) is 15.7 Å². The minimum atomic E-state index is 0.0637. The molecule has 0 unspecified atom stereocenters. The lowest BCUT2D eigenvalue weighted by Gasteiger charge is -1.99. The summed E-state index contributed by atoms with van der Waals surface area (Å²) in [5.41, 5.74) is 8.10. The number of ketones is 1. The molecule has 102 valence electrons. The number of carbonyl (C=O) groups excluding carboxylic acids is 1. The van der Waals surface area contributed by atoms with Gasteiger partial charge >= 0.3 is 5.95 Å². The number of nitrogens with two attached hydrogens (primary N) is 1. The zero-order valence-corrected chi connectivity index (χ0v) is 13.2. The molecule has 0 saturated heterocycles. The maximum atomic E-state index is 12.3. The topological polar surface area (TPSA) is 51.9 Å². The van der Waals surface area contributed by atoms with E-state index in [2.05, 4.69) is 15.9 Å². The number of halogens is 1. The van der Waals surface area contributed by atoms with E-state index in [0.29, 0.717) is 5.95 Å². The van der Waals surface area contributed by atoms with E-state index < -0.39 is 0 Å². The Morgan fingerprint density at radius 3 is 2.80 bits per heavy atom. The number of hydrogen-bond acceptors (Lipinski definition) is 3. The number of para-hydroxylation sites is 2. The van der Waals surface area contributed by atoms with Crippen molar-refractivity contribution in [2.45, 2.75) is 6.54 Å². The third-order valence-corrected chi connectivity index (χ3v) is 4.97. The Morgan fingerprint density at radius 1 is 1.35 bits per heavy atom. The summed E-state index contributed by atoms with van der Waals surface area (Å²) in [5, 5.41) is 0. The van der Waals surface area contributed by atoms with Gasteiger partial charge in [-0.3, -0.25) is 10.5 Å². The average Bonchev–Trinajstić information content (AvgIpc) is 2.98. The van der Waals surface area contributed by atoms with E-state index in [9.17, 15) is 4.79 Å². The minimum absolute atomic E-state index is 0.0637.